The minimum atomic E-state index is -1.26. The van der Waals surface area contributed by atoms with Gasteiger partial charge in [0, 0.05) is 6.20 Å². The molecule has 0 atom stereocenters. The highest BCUT2D eigenvalue weighted by atomic mass is 35.5. The number of carbonyl (C=O) groups excluding carboxylic acids is 1. The minimum Gasteiger partial charge on any atom is -0.496 e. The van der Waals surface area contributed by atoms with Crippen LogP contribution in [0.1, 0.15) is 20.8 Å². The van der Waals surface area contributed by atoms with Crippen LogP contribution in [0.4, 0.5) is 5.69 Å². The van der Waals surface area contributed by atoms with E-state index < -0.39 is 11.9 Å². The van der Waals surface area contributed by atoms with Gasteiger partial charge in [-0.2, -0.15) is 0 Å². The van der Waals surface area contributed by atoms with Crippen LogP contribution < -0.4 is 10.1 Å². The Hall–Kier alpha value is -2.60. The number of carbonyl (C=O) groups is 2. The second kappa shape index (κ2) is 6.23. The van der Waals surface area contributed by atoms with Gasteiger partial charge in [-0.25, -0.2) is 9.78 Å². The molecule has 0 aliphatic carbocycles. The van der Waals surface area contributed by atoms with Gasteiger partial charge in [-0.05, 0) is 18.2 Å². The molecule has 0 spiro atoms. The van der Waals surface area contributed by atoms with Crippen LogP contribution in [0.15, 0.2) is 36.5 Å². The van der Waals surface area contributed by atoms with Crippen LogP contribution in [-0.2, 0) is 0 Å². The van der Waals surface area contributed by atoms with Gasteiger partial charge in [0.05, 0.1) is 23.4 Å². The van der Waals surface area contributed by atoms with E-state index in [1.807, 2.05) is 0 Å². The molecule has 0 unspecified atom stereocenters. The van der Waals surface area contributed by atoms with Crippen molar-refractivity contribution in [3.8, 4) is 5.75 Å². The van der Waals surface area contributed by atoms with Crippen molar-refractivity contribution in [1.29, 1.82) is 0 Å². The third kappa shape index (κ3) is 3.29. The summed E-state index contributed by atoms with van der Waals surface area (Å²) >= 11 is 5.78. The number of carboxylic acids is 1. The molecule has 1 amide bonds. The molecule has 0 bridgehead atoms. The lowest BCUT2D eigenvalue weighted by atomic mass is 10.2. The summed E-state index contributed by atoms with van der Waals surface area (Å²) in [6, 6.07) is 7.91. The predicted molar refractivity (Wildman–Crippen MR) is 77.2 cm³/mol. The number of rotatable bonds is 4. The minimum absolute atomic E-state index is 0.0194. The summed E-state index contributed by atoms with van der Waals surface area (Å²) < 4.78 is 5.09. The number of halogens is 1. The number of nitrogens with one attached hydrogen (secondary N) is 1. The zero-order valence-electron chi connectivity index (χ0n) is 11.0. The third-order valence-corrected chi connectivity index (χ3v) is 2.86. The molecule has 0 fully saturated rings. The van der Waals surface area contributed by atoms with E-state index in [4.69, 9.17) is 21.4 Å². The fourth-order valence-corrected chi connectivity index (χ4v) is 1.88. The Morgan fingerprint density at radius 1 is 1.33 bits per heavy atom. The van der Waals surface area contributed by atoms with Crippen LogP contribution in [0, 0.1) is 0 Å². The van der Waals surface area contributed by atoms with E-state index >= 15 is 0 Å². The Kier molecular flexibility index (Phi) is 4.39. The summed E-state index contributed by atoms with van der Waals surface area (Å²) in [7, 11) is 1.44. The van der Waals surface area contributed by atoms with Crippen molar-refractivity contribution in [1.82, 2.24) is 4.98 Å². The summed E-state index contributed by atoms with van der Waals surface area (Å²) in [6.45, 7) is 0. The molecule has 0 aliphatic heterocycles. The first-order valence-electron chi connectivity index (χ1n) is 5.86. The molecule has 0 aliphatic rings. The number of anilines is 1. The summed E-state index contributed by atoms with van der Waals surface area (Å²) in [5, 5.41) is 11.8. The van der Waals surface area contributed by atoms with Crippen molar-refractivity contribution in [2.45, 2.75) is 0 Å². The van der Waals surface area contributed by atoms with Gasteiger partial charge in [-0.3, -0.25) is 4.79 Å². The van der Waals surface area contributed by atoms with Gasteiger partial charge < -0.3 is 15.2 Å². The van der Waals surface area contributed by atoms with Gasteiger partial charge in [0.25, 0.3) is 5.91 Å². The maximum absolute atomic E-state index is 12.2. The number of aromatic nitrogens is 1. The van der Waals surface area contributed by atoms with Crippen molar-refractivity contribution in [3.63, 3.8) is 0 Å². The molecule has 1 aromatic carbocycles. The van der Waals surface area contributed by atoms with Crippen molar-refractivity contribution in [2.75, 3.05) is 12.4 Å². The first-order valence-corrected chi connectivity index (χ1v) is 6.24. The molecule has 1 aromatic heterocycles. The lowest BCUT2D eigenvalue weighted by molar-refractivity contribution is 0.0692. The molecule has 0 radical (unpaired) electrons. The fraction of sp³-hybridized carbons (Fsp3) is 0.0714. The number of ether oxygens (including phenoxy) is 1. The average Bonchev–Trinajstić information content (AvgIpc) is 2.46. The SMILES string of the molecule is COc1ccccc1C(=O)Nc1cc(Cl)cnc1C(=O)O. The second-order valence-corrected chi connectivity index (χ2v) is 4.45. The van der Waals surface area contributed by atoms with Crippen molar-refractivity contribution < 1.29 is 19.4 Å². The maximum atomic E-state index is 12.2. The number of para-hydroxylation sites is 1. The van der Waals surface area contributed by atoms with Crippen LogP contribution in [0.2, 0.25) is 5.02 Å². The summed E-state index contributed by atoms with van der Waals surface area (Å²) in [6.07, 6.45) is 1.20. The molecule has 2 N–H and O–H groups in total. The lowest BCUT2D eigenvalue weighted by Crippen LogP contribution is -2.16. The van der Waals surface area contributed by atoms with Crippen LogP contribution in [0.25, 0.3) is 0 Å². The Bertz CT molecular complexity index is 703. The fourth-order valence-electron chi connectivity index (χ4n) is 1.73. The van der Waals surface area contributed by atoms with E-state index in [1.54, 1.807) is 24.3 Å². The highest BCUT2D eigenvalue weighted by Crippen LogP contribution is 2.22. The van der Waals surface area contributed by atoms with Gasteiger partial charge in [0.15, 0.2) is 5.69 Å². The quantitative estimate of drug-likeness (QED) is 0.906. The van der Waals surface area contributed by atoms with Crippen LogP contribution in [-0.4, -0.2) is 29.1 Å². The van der Waals surface area contributed by atoms with Crippen LogP contribution in [0.3, 0.4) is 0 Å². The van der Waals surface area contributed by atoms with E-state index in [0.717, 1.165) is 0 Å². The number of amides is 1. The smallest absolute Gasteiger partial charge is 0.356 e. The van der Waals surface area contributed by atoms with Gasteiger partial charge in [-0.1, -0.05) is 23.7 Å². The molecule has 2 aromatic rings. The number of nitrogens with zero attached hydrogens (tertiary/aromatic N) is 1. The van der Waals surface area contributed by atoms with Crippen LogP contribution >= 0.6 is 11.6 Å². The van der Waals surface area contributed by atoms with Crippen molar-refractivity contribution in [2.24, 2.45) is 0 Å². The molecule has 6 nitrogen and oxygen atoms in total. The van der Waals surface area contributed by atoms with Crippen molar-refractivity contribution >= 4 is 29.2 Å². The number of methoxy groups -OCH3 is 1. The first-order chi connectivity index (χ1) is 10.0. The Morgan fingerprint density at radius 3 is 2.71 bits per heavy atom. The van der Waals surface area contributed by atoms with E-state index in [2.05, 4.69) is 10.3 Å². The van der Waals surface area contributed by atoms with Gasteiger partial charge >= 0.3 is 5.97 Å². The highest BCUT2D eigenvalue weighted by molar-refractivity contribution is 6.31. The lowest BCUT2D eigenvalue weighted by Gasteiger charge is -2.10. The number of aromatic carboxylic acids is 1. The number of carboxylic acid groups (broad SMARTS) is 1. The topological polar surface area (TPSA) is 88.5 Å². The van der Waals surface area contributed by atoms with Crippen LogP contribution in [0.5, 0.6) is 5.75 Å². The Balaban J connectivity index is 2.36. The molecule has 21 heavy (non-hydrogen) atoms. The molecule has 108 valence electrons. The normalized spacial score (nSPS) is 10.0. The molecular formula is C14H11ClN2O4. The van der Waals surface area contributed by atoms with Gasteiger partial charge in [0.2, 0.25) is 0 Å². The number of hydrogen-bond donors (Lipinski definition) is 2. The maximum Gasteiger partial charge on any atom is 0.356 e. The monoisotopic (exact) mass is 306 g/mol. The number of hydrogen-bond acceptors (Lipinski definition) is 4. The molecular weight excluding hydrogens is 296 g/mol. The standard InChI is InChI=1S/C14H11ClN2O4/c1-21-11-5-3-2-4-9(11)13(18)17-10-6-8(15)7-16-12(10)14(19)20/h2-7H,1H3,(H,17,18)(H,19,20). The molecule has 2 rings (SSSR count). The zero-order valence-corrected chi connectivity index (χ0v) is 11.7. The Morgan fingerprint density at radius 2 is 2.05 bits per heavy atom. The second-order valence-electron chi connectivity index (χ2n) is 4.01. The zero-order chi connectivity index (χ0) is 15.4. The summed E-state index contributed by atoms with van der Waals surface area (Å²) in [5.74, 6) is -1.40. The molecule has 1 heterocycles. The summed E-state index contributed by atoms with van der Waals surface area (Å²) in [4.78, 5) is 27.0. The number of pyridine rings is 1. The highest BCUT2D eigenvalue weighted by Gasteiger charge is 2.17. The van der Waals surface area contributed by atoms with Gasteiger partial charge in [-0.15, -0.1) is 0 Å². The van der Waals surface area contributed by atoms with E-state index in [-0.39, 0.29) is 22.0 Å². The first kappa shape index (κ1) is 14.8. The van der Waals surface area contributed by atoms with Crippen molar-refractivity contribution in [3.05, 3.63) is 52.8 Å². The van der Waals surface area contributed by atoms with Gasteiger partial charge in [0.1, 0.15) is 5.75 Å². The van der Waals surface area contributed by atoms with E-state index in [0.29, 0.717) is 5.75 Å². The summed E-state index contributed by atoms with van der Waals surface area (Å²) in [5.41, 5.74) is 0.00451. The Labute approximate surface area is 125 Å². The molecule has 0 saturated carbocycles. The third-order valence-electron chi connectivity index (χ3n) is 2.66. The largest absolute Gasteiger partial charge is 0.496 e. The average molecular weight is 307 g/mol. The number of benzene rings is 1. The van der Waals surface area contributed by atoms with E-state index in [9.17, 15) is 9.59 Å². The molecule has 0 saturated heterocycles. The molecule has 7 heteroatoms. The van der Waals surface area contributed by atoms with E-state index in [1.165, 1.54) is 19.4 Å². The predicted octanol–water partition coefficient (Wildman–Crippen LogP) is 2.69.